The lowest BCUT2D eigenvalue weighted by Crippen LogP contribution is -2.34. The Labute approximate surface area is 183 Å². The second-order valence-electron chi connectivity index (χ2n) is 7.52. The van der Waals surface area contributed by atoms with Crippen molar-refractivity contribution >= 4 is 38.5 Å². The summed E-state index contributed by atoms with van der Waals surface area (Å²) in [6, 6.07) is 10.8. The Kier molecular flexibility index (Phi) is 5.36. The summed E-state index contributed by atoms with van der Waals surface area (Å²) in [7, 11) is -4.08. The lowest BCUT2D eigenvalue weighted by molar-refractivity contribution is -0.162. The van der Waals surface area contributed by atoms with E-state index in [0.717, 1.165) is 3.97 Å². The number of aliphatic carboxylic acids is 1. The Morgan fingerprint density at radius 3 is 2.55 bits per heavy atom. The predicted octanol–water partition coefficient (Wildman–Crippen LogP) is 3.68. The van der Waals surface area contributed by atoms with Crippen molar-refractivity contribution in [1.82, 2.24) is 3.97 Å². The van der Waals surface area contributed by atoms with Gasteiger partial charge >= 0.3 is 5.97 Å². The highest BCUT2D eigenvalue weighted by Gasteiger charge is 2.30. The van der Waals surface area contributed by atoms with Gasteiger partial charge in [0.1, 0.15) is 13.2 Å². The van der Waals surface area contributed by atoms with Crippen molar-refractivity contribution in [1.29, 1.82) is 0 Å². The molecule has 0 saturated heterocycles. The van der Waals surface area contributed by atoms with Crippen molar-refractivity contribution in [3.8, 4) is 11.5 Å². The van der Waals surface area contributed by atoms with Crippen molar-refractivity contribution in [3.63, 3.8) is 0 Å². The fraction of sp³-hybridized carbons (Fsp3) is 0.286. The molecule has 1 aliphatic rings. The second kappa shape index (κ2) is 7.74. The summed E-state index contributed by atoms with van der Waals surface area (Å²) in [4.78, 5) is 11.4. The van der Waals surface area contributed by atoms with Crippen molar-refractivity contribution in [3.05, 3.63) is 53.2 Å². The maximum atomic E-state index is 13.6. The van der Waals surface area contributed by atoms with Crippen LogP contribution in [-0.2, 0) is 26.2 Å². The summed E-state index contributed by atoms with van der Waals surface area (Å²) in [5.74, 6) is -0.342. The summed E-state index contributed by atoms with van der Waals surface area (Å²) < 4.78 is 44.9. The van der Waals surface area contributed by atoms with Crippen LogP contribution in [0.3, 0.4) is 0 Å². The lowest BCUT2D eigenvalue weighted by atomic mass is 10.1. The summed E-state index contributed by atoms with van der Waals surface area (Å²) >= 11 is 6.08. The molecule has 0 aliphatic carbocycles. The van der Waals surface area contributed by atoms with Gasteiger partial charge in [0.05, 0.1) is 22.7 Å². The Hall–Kier alpha value is -2.75. The first-order valence-corrected chi connectivity index (χ1v) is 11.2. The number of aromatic nitrogens is 1. The van der Waals surface area contributed by atoms with Gasteiger partial charge in [0, 0.05) is 16.5 Å². The minimum Gasteiger partial charge on any atom is -0.486 e. The quantitative estimate of drug-likeness (QED) is 0.592. The summed E-state index contributed by atoms with van der Waals surface area (Å²) in [6.07, 6.45) is 0. The molecule has 4 rings (SSSR count). The van der Waals surface area contributed by atoms with Gasteiger partial charge in [-0.1, -0.05) is 11.6 Å². The number of nitrogens with zero attached hydrogens (tertiary/aromatic N) is 1. The van der Waals surface area contributed by atoms with E-state index in [1.807, 2.05) is 0 Å². The average Bonchev–Trinajstić information content (AvgIpc) is 3.10. The number of ether oxygens (including phenoxy) is 3. The molecule has 1 aromatic heterocycles. The molecule has 8 nitrogen and oxygen atoms in total. The first-order chi connectivity index (χ1) is 14.6. The molecule has 0 fully saturated rings. The van der Waals surface area contributed by atoms with E-state index < -0.39 is 21.6 Å². The van der Waals surface area contributed by atoms with Crippen molar-refractivity contribution in [2.75, 3.05) is 13.2 Å². The van der Waals surface area contributed by atoms with Gasteiger partial charge < -0.3 is 19.3 Å². The highest BCUT2D eigenvalue weighted by molar-refractivity contribution is 7.90. The molecule has 0 saturated carbocycles. The molecule has 10 heteroatoms. The highest BCUT2D eigenvalue weighted by Crippen LogP contribution is 2.35. The van der Waals surface area contributed by atoms with Crippen LogP contribution in [0.2, 0.25) is 5.02 Å². The minimum absolute atomic E-state index is 0.00273. The number of rotatable bonds is 6. The number of carbonyl (C=O) groups is 1. The third-order valence-corrected chi connectivity index (χ3v) is 6.94. The van der Waals surface area contributed by atoms with Crippen molar-refractivity contribution in [2.45, 2.75) is 31.0 Å². The van der Waals surface area contributed by atoms with Gasteiger partial charge in [-0.25, -0.2) is 17.2 Å². The van der Waals surface area contributed by atoms with Crippen LogP contribution in [-0.4, -0.2) is 42.3 Å². The van der Waals surface area contributed by atoms with Crippen LogP contribution in [0.25, 0.3) is 10.9 Å². The van der Waals surface area contributed by atoms with Gasteiger partial charge in [0.15, 0.2) is 17.1 Å². The first-order valence-electron chi connectivity index (χ1n) is 9.42. The van der Waals surface area contributed by atoms with E-state index in [4.69, 9.17) is 25.8 Å². The normalized spacial score (nSPS) is 14.0. The number of hydrogen-bond donors (Lipinski definition) is 1. The van der Waals surface area contributed by atoms with Gasteiger partial charge in [-0.05, 0) is 50.2 Å². The first kappa shape index (κ1) is 21.5. The van der Waals surface area contributed by atoms with Crippen molar-refractivity contribution in [2.24, 2.45) is 0 Å². The molecule has 0 radical (unpaired) electrons. The molecular formula is C21H20ClNO7S. The van der Waals surface area contributed by atoms with Gasteiger partial charge in [-0.2, -0.15) is 0 Å². The number of hydrogen-bond acceptors (Lipinski definition) is 6. The van der Waals surface area contributed by atoms with Gasteiger partial charge in [-0.15, -0.1) is 0 Å². The molecule has 2 aromatic carbocycles. The van der Waals surface area contributed by atoms with Gasteiger partial charge in [-0.3, -0.25) is 0 Å². The Balaban J connectivity index is 1.84. The number of carboxylic acids is 1. The topological polar surface area (TPSA) is 104 Å². The standard InChI is InChI=1S/C21H20ClNO7S/c1-21(2,20(24)25)30-12-15-10-13-9-14(22)3-5-17(13)23(15)31(26,27)16-4-6-18-19(11-16)29-8-7-28-18/h3-6,9-11H,7-8,12H2,1-2H3,(H,24,25). The molecule has 0 spiro atoms. The van der Waals surface area contributed by atoms with Gasteiger partial charge in [0.2, 0.25) is 0 Å². The van der Waals surface area contributed by atoms with E-state index in [-0.39, 0.29) is 17.2 Å². The van der Waals surface area contributed by atoms with E-state index in [9.17, 15) is 18.3 Å². The third kappa shape index (κ3) is 3.96. The zero-order chi connectivity index (χ0) is 22.4. The average molecular weight is 466 g/mol. The van der Waals surface area contributed by atoms with Gasteiger partial charge in [0.25, 0.3) is 10.0 Å². The summed E-state index contributed by atoms with van der Waals surface area (Å²) in [5.41, 5.74) is -0.841. The number of halogens is 1. The molecule has 0 atom stereocenters. The maximum Gasteiger partial charge on any atom is 0.335 e. The minimum atomic E-state index is -4.08. The van der Waals surface area contributed by atoms with Crippen LogP contribution in [0.1, 0.15) is 19.5 Å². The van der Waals surface area contributed by atoms with Crippen LogP contribution in [0.4, 0.5) is 0 Å². The molecule has 1 aliphatic heterocycles. The molecular weight excluding hydrogens is 446 g/mol. The fourth-order valence-electron chi connectivity index (χ4n) is 3.21. The Bertz CT molecular complexity index is 1280. The molecule has 164 valence electrons. The fourth-order valence-corrected chi connectivity index (χ4v) is 4.94. The summed E-state index contributed by atoms with van der Waals surface area (Å²) in [6.45, 7) is 3.27. The van der Waals surface area contributed by atoms with Crippen LogP contribution in [0.15, 0.2) is 47.4 Å². The molecule has 3 aromatic rings. The van der Waals surface area contributed by atoms with Crippen LogP contribution in [0.5, 0.6) is 11.5 Å². The second-order valence-corrected chi connectivity index (χ2v) is 9.74. The Morgan fingerprint density at radius 1 is 1.13 bits per heavy atom. The van der Waals surface area contributed by atoms with E-state index in [2.05, 4.69) is 0 Å². The lowest BCUT2D eigenvalue weighted by Gasteiger charge is -2.21. The molecule has 31 heavy (non-hydrogen) atoms. The monoisotopic (exact) mass is 465 g/mol. The molecule has 1 N–H and O–H groups in total. The molecule has 0 bridgehead atoms. The smallest absolute Gasteiger partial charge is 0.335 e. The van der Waals surface area contributed by atoms with Crippen molar-refractivity contribution < 1.29 is 32.5 Å². The van der Waals surface area contributed by atoms with E-state index >= 15 is 0 Å². The molecule has 2 heterocycles. The van der Waals surface area contributed by atoms with E-state index in [1.165, 1.54) is 26.0 Å². The Morgan fingerprint density at radius 2 is 1.84 bits per heavy atom. The predicted molar refractivity (Wildman–Crippen MR) is 113 cm³/mol. The van der Waals surface area contributed by atoms with E-state index in [1.54, 1.807) is 30.3 Å². The summed E-state index contributed by atoms with van der Waals surface area (Å²) in [5, 5.41) is 10.3. The zero-order valence-electron chi connectivity index (χ0n) is 16.8. The van der Waals surface area contributed by atoms with E-state index in [0.29, 0.717) is 40.6 Å². The maximum absolute atomic E-state index is 13.6. The van der Waals surface area contributed by atoms with Crippen LogP contribution < -0.4 is 9.47 Å². The highest BCUT2D eigenvalue weighted by atomic mass is 35.5. The molecule has 0 unspecified atom stereocenters. The number of fused-ring (bicyclic) bond motifs is 2. The third-order valence-electron chi connectivity index (χ3n) is 4.94. The largest absolute Gasteiger partial charge is 0.486 e. The number of benzene rings is 2. The van der Waals surface area contributed by atoms with Crippen LogP contribution >= 0.6 is 11.6 Å². The SMILES string of the molecule is CC(C)(OCc1cc2cc(Cl)ccc2n1S(=O)(=O)c1ccc2c(c1)OCCO2)C(=O)O. The number of carboxylic acid groups (broad SMARTS) is 1. The van der Waals surface area contributed by atoms with Crippen LogP contribution in [0, 0.1) is 0 Å². The molecule has 0 amide bonds. The zero-order valence-corrected chi connectivity index (χ0v) is 18.4.